The first-order chi connectivity index (χ1) is 8.74. The highest BCUT2D eigenvalue weighted by atomic mass is 35.5. The third-order valence-electron chi connectivity index (χ3n) is 1.76. The Morgan fingerprint density at radius 2 is 2.06 bits per heavy atom. The fourth-order valence-corrected chi connectivity index (χ4v) is 1.31. The molecule has 2 aromatic rings. The number of hydrogen-bond acceptors (Lipinski definition) is 3. The molecule has 0 aliphatic heterocycles. The molecule has 2 amide bonds. The van der Waals surface area contributed by atoms with Gasteiger partial charge in [-0.2, -0.15) is 0 Å². The molecule has 0 saturated heterocycles. The smallest absolute Gasteiger partial charge is 0.326 e. The van der Waals surface area contributed by atoms with E-state index < -0.39 is 6.03 Å². The summed E-state index contributed by atoms with van der Waals surface area (Å²) in [6, 6.07) is 7.96. The Kier molecular flexibility index (Phi) is 5.73. The monoisotopic (exact) mass is 267 g/mol. The van der Waals surface area contributed by atoms with Gasteiger partial charge in [0.1, 0.15) is 0 Å². The zero-order valence-electron chi connectivity index (χ0n) is 10.1. The predicted octanol–water partition coefficient (Wildman–Crippen LogP) is 4.00. The van der Waals surface area contributed by atoms with Crippen LogP contribution in [-0.2, 0) is 0 Å². The van der Waals surface area contributed by atoms with Gasteiger partial charge >= 0.3 is 6.03 Å². The highest BCUT2D eigenvalue weighted by Gasteiger charge is 2.04. The van der Waals surface area contributed by atoms with Crippen LogP contribution >= 0.6 is 11.6 Å². The summed E-state index contributed by atoms with van der Waals surface area (Å²) in [5.74, 6) is 0.277. The lowest BCUT2D eigenvalue weighted by atomic mass is 10.3. The predicted molar refractivity (Wildman–Crippen MR) is 71.9 cm³/mol. The molecule has 0 fully saturated rings. The number of hydrogen-bond donors (Lipinski definition) is 2. The number of halogens is 1. The Labute approximate surface area is 110 Å². The molecule has 0 saturated carbocycles. The maximum absolute atomic E-state index is 11.4. The number of urea groups is 1. The third kappa shape index (κ3) is 4.47. The molecule has 0 aliphatic carbocycles. The van der Waals surface area contributed by atoms with E-state index in [4.69, 9.17) is 16.1 Å². The fraction of sp³-hybridized carbons (Fsp3) is 0.167. The first-order valence-corrected chi connectivity index (χ1v) is 5.86. The number of anilines is 2. The molecule has 1 aromatic heterocycles. The lowest BCUT2D eigenvalue weighted by molar-refractivity contribution is 0.261. The molecule has 6 heteroatoms. The molecule has 1 heterocycles. The van der Waals surface area contributed by atoms with Gasteiger partial charge in [0.15, 0.2) is 0 Å². The van der Waals surface area contributed by atoms with E-state index >= 15 is 0 Å². The van der Waals surface area contributed by atoms with E-state index in [1.54, 1.807) is 24.3 Å². The summed E-state index contributed by atoms with van der Waals surface area (Å²) in [7, 11) is 0. The van der Waals surface area contributed by atoms with Crippen LogP contribution in [0.1, 0.15) is 13.8 Å². The van der Waals surface area contributed by atoms with Crippen molar-refractivity contribution in [2.75, 3.05) is 10.6 Å². The van der Waals surface area contributed by atoms with Crippen LogP contribution in [0.25, 0.3) is 0 Å². The van der Waals surface area contributed by atoms with E-state index in [0.29, 0.717) is 10.7 Å². The third-order valence-corrected chi connectivity index (χ3v) is 1.99. The van der Waals surface area contributed by atoms with Crippen molar-refractivity contribution >= 4 is 29.2 Å². The van der Waals surface area contributed by atoms with Crippen LogP contribution in [0, 0.1) is 0 Å². The molecule has 0 atom stereocenters. The minimum atomic E-state index is -0.418. The molecule has 2 rings (SSSR count). The quantitative estimate of drug-likeness (QED) is 0.864. The van der Waals surface area contributed by atoms with Crippen molar-refractivity contribution in [2.24, 2.45) is 0 Å². The van der Waals surface area contributed by atoms with E-state index in [2.05, 4.69) is 15.8 Å². The molecular weight excluding hydrogens is 254 g/mol. The van der Waals surface area contributed by atoms with E-state index in [9.17, 15) is 4.79 Å². The van der Waals surface area contributed by atoms with Gasteiger partial charge in [-0.15, -0.1) is 0 Å². The fourth-order valence-electron chi connectivity index (χ4n) is 1.12. The topological polar surface area (TPSA) is 67.2 Å². The number of carbonyl (C=O) groups excluding carboxylic acids is 1. The summed E-state index contributed by atoms with van der Waals surface area (Å²) in [5, 5.41) is 9.08. The maximum Gasteiger partial charge on any atom is 0.326 e. The van der Waals surface area contributed by atoms with Gasteiger partial charge in [-0.1, -0.05) is 36.7 Å². The summed E-state index contributed by atoms with van der Waals surface area (Å²) in [6.07, 6.45) is 1.44. The lowest BCUT2D eigenvalue weighted by Crippen LogP contribution is -2.18. The Bertz CT molecular complexity index is 486. The summed E-state index contributed by atoms with van der Waals surface area (Å²) in [5.41, 5.74) is 0.601. The van der Waals surface area contributed by atoms with Crippen molar-refractivity contribution in [3.63, 3.8) is 0 Å². The number of aromatic nitrogens is 1. The van der Waals surface area contributed by atoms with Crippen LogP contribution in [0.15, 0.2) is 41.1 Å². The second kappa shape index (κ2) is 7.34. The largest absolute Gasteiger partial charge is 0.338 e. The lowest BCUT2D eigenvalue weighted by Gasteiger charge is -2.04. The van der Waals surface area contributed by atoms with Crippen molar-refractivity contribution in [1.29, 1.82) is 0 Å². The molecule has 96 valence electrons. The number of carbonyl (C=O) groups is 1. The SMILES string of the molecule is CC.O=C(Nc1cccc(Cl)c1)Nc1ccno1. The first kappa shape index (κ1) is 14.1. The molecule has 0 unspecified atom stereocenters. The average molecular weight is 268 g/mol. The van der Waals surface area contributed by atoms with Gasteiger partial charge in [-0.05, 0) is 18.2 Å². The van der Waals surface area contributed by atoms with Gasteiger partial charge in [0.25, 0.3) is 0 Å². The van der Waals surface area contributed by atoms with Gasteiger partial charge in [0.05, 0.1) is 6.20 Å². The minimum Gasteiger partial charge on any atom is -0.338 e. The number of nitrogens with zero attached hydrogens (tertiary/aromatic N) is 1. The summed E-state index contributed by atoms with van der Waals surface area (Å²) >= 11 is 5.77. The Balaban J connectivity index is 0.000000771. The molecule has 1 aromatic carbocycles. The van der Waals surface area contributed by atoms with Crippen molar-refractivity contribution in [3.05, 3.63) is 41.6 Å². The second-order valence-corrected chi connectivity index (χ2v) is 3.40. The van der Waals surface area contributed by atoms with Crippen LogP contribution in [0.5, 0.6) is 0 Å². The van der Waals surface area contributed by atoms with Crippen LogP contribution in [-0.4, -0.2) is 11.2 Å². The Hall–Kier alpha value is -2.01. The molecule has 0 radical (unpaired) electrons. The van der Waals surface area contributed by atoms with Crippen LogP contribution in [0.2, 0.25) is 5.02 Å². The molecule has 0 spiro atoms. The van der Waals surface area contributed by atoms with Crippen molar-refractivity contribution in [3.8, 4) is 0 Å². The van der Waals surface area contributed by atoms with Gasteiger partial charge in [0.2, 0.25) is 5.88 Å². The molecular formula is C12H14ClN3O2. The Morgan fingerprint density at radius 1 is 1.28 bits per heavy atom. The summed E-state index contributed by atoms with van der Waals surface area (Å²) in [6.45, 7) is 4.00. The normalized spacial score (nSPS) is 9.06. The van der Waals surface area contributed by atoms with E-state index in [-0.39, 0.29) is 5.88 Å². The van der Waals surface area contributed by atoms with Crippen molar-refractivity contribution in [2.45, 2.75) is 13.8 Å². The maximum atomic E-state index is 11.4. The first-order valence-electron chi connectivity index (χ1n) is 5.48. The summed E-state index contributed by atoms with van der Waals surface area (Å²) < 4.78 is 4.72. The average Bonchev–Trinajstić information content (AvgIpc) is 2.84. The molecule has 5 nitrogen and oxygen atoms in total. The van der Waals surface area contributed by atoms with Crippen LogP contribution < -0.4 is 10.6 Å². The standard InChI is InChI=1S/C10H8ClN3O2.C2H6/c11-7-2-1-3-8(6-7)13-10(15)14-9-4-5-12-16-9;1-2/h1-6H,(H2,13,14,15);1-2H3. The number of benzene rings is 1. The van der Waals surface area contributed by atoms with E-state index in [1.807, 2.05) is 13.8 Å². The number of nitrogens with one attached hydrogen (secondary N) is 2. The Morgan fingerprint density at radius 3 is 2.67 bits per heavy atom. The van der Waals surface area contributed by atoms with E-state index in [1.165, 1.54) is 12.3 Å². The van der Waals surface area contributed by atoms with Crippen LogP contribution in [0.4, 0.5) is 16.4 Å². The second-order valence-electron chi connectivity index (χ2n) is 2.97. The van der Waals surface area contributed by atoms with Crippen molar-refractivity contribution in [1.82, 2.24) is 5.16 Å². The number of amides is 2. The van der Waals surface area contributed by atoms with Gasteiger partial charge in [-0.3, -0.25) is 5.32 Å². The van der Waals surface area contributed by atoms with Crippen molar-refractivity contribution < 1.29 is 9.32 Å². The molecule has 0 bridgehead atoms. The minimum absolute atomic E-state index is 0.277. The van der Waals surface area contributed by atoms with Gasteiger partial charge in [-0.25, -0.2) is 4.79 Å². The van der Waals surface area contributed by atoms with Gasteiger partial charge in [0, 0.05) is 16.8 Å². The molecule has 18 heavy (non-hydrogen) atoms. The zero-order chi connectivity index (χ0) is 13.4. The number of rotatable bonds is 2. The molecule has 0 aliphatic rings. The van der Waals surface area contributed by atoms with Gasteiger partial charge < -0.3 is 9.84 Å². The zero-order valence-corrected chi connectivity index (χ0v) is 10.9. The summed E-state index contributed by atoms with van der Waals surface area (Å²) in [4.78, 5) is 11.4. The highest BCUT2D eigenvalue weighted by Crippen LogP contribution is 2.15. The molecule has 2 N–H and O–H groups in total. The highest BCUT2D eigenvalue weighted by molar-refractivity contribution is 6.30. The van der Waals surface area contributed by atoms with Crippen LogP contribution in [0.3, 0.4) is 0 Å². The van der Waals surface area contributed by atoms with E-state index in [0.717, 1.165) is 0 Å².